The van der Waals surface area contributed by atoms with Gasteiger partial charge in [0.1, 0.15) is 0 Å². The summed E-state index contributed by atoms with van der Waals surface area (Å²) in [5, 5.41) is 3.96. The molecule has 3 fully saturated rings. The highest BCUT2D eigenvalue weighted by atomic mass is 32.2. The highest BCUT2D eigenvalue weighted by Gasteiger charge is 2.38. The van der Waals surface area contributed by atoms with Crippen molar-refractivity contribution in [3.05, 3.63) is 11.7 Å². The Hall–Kier alpha value is -1.03. The van der Waals surface area contributed by atoms with Crippen LogP contribution in [0, 0.1) is 5.92 Å². The molecule has 23 heavy (non-hydrogen) atoms. The Kier molecular flexibility index (Phi) is 5.00. The van der Waals surface area contributed by atoms with Gasteiger partial charge in [0.05, 0.1) is 19.4 Å². The smallest absolute Gasteiger partial charge is 0.240 e. The molecular weight excluding hydrogens is 320 g/mol. The zero-order valence-electron chi connectivity index (χ0n) is 13.6. The van der Waals surface area contributed by atoms with Crippen molar-refractivity contribution in [2.24, 2.45) is 5.92 Å². The van der Waals surface area contributed by atoms with E-state index in [0.717, 1.165) is 19.4 Å². The third-order valence-electron chi connectivity index (χ3n) is 4.64. The van der Waals surface area contributed by atoms with Crippen LogP contribution in [0.5, 0.6) is 0 Å². The van der Waals surface area contributed by atoms with Gasteiger partial charge in [0, 0.05) is 39.2 Å². The fourth-order valence-corrected chi connectivity index (χ4v) is 4.35. The van der Waals surface area contributed by atoms with Crippen molar-refractivity contribution < 1.29 is 17.7 Å². The third-order valence-corrected chi connectivity index (χ3v) is 5.88. The number of hydrogen-bond donors (Lipinski definition) is 0. The molecule has 1 aromatic rings. The van der Waals surface area contributed by atoms with Gasteiger partial charge in [-0.25, -0.2) is 12.7 Å². The number of fused-ring (bicyclic) bond motifs is 4. The number of ether oxygens (including phenoxy) is 1. The lowest BCUT2D eigenvalue weighted by Gasteiger charge is -2.34. The molecule has 4 rings (SSSR count). The summed E-state index contributed by atoms with van der Waals surface area (Å²) in [6, 6.07) is 0.220. The first-order chi connectivity index (χ1) is 11.0. The Balaban J connectivity index is 1.66. The maximum Gasteiger partial charge on any atom is 0.240 e. The van der Waals surface area contributed by atoms with Gasteiger partial charge in [0.2, 0.25) is 15.9 Å². The van der Waals surface area contributed by atoms with Crippen molar-refractivity contribution in [3.8, 4) is 0 Å². The second-order valence-corrected chi connectivity index (χ2v) is 8.44. The molecule has 130 valence electrons. The number of nitrogens with zero attached hydrogens (tertiary/aromatic N) is 4. The highest BCUT2D eigenvalue weighted by Crippen LogP contribution is 2.29. The van der Waals surface area contributed by atoms with E-state index in [9.17, 15) is 8.42 Å². The molecule has 0 aromatic carbocycles. The Labute approximate surface area is 136 Å². The Bertz CT molecular complexity index is 632. The van der Waals surface area contributed by atoms with Crippen LogP contribution in [-0.2, 0) is 27.7 Å². The van der Waals surface area contributed by atoms with Gasteiger partial charge in [-0.2, -0.15) is 4.98 Å². The van der Waals surface area contributed by atoms with Gasteiger partial charge in [-0.1, -0.05) is 5.16 Å². The predicted molar refractivity (Wildman–Crippen MR) is 83.2 cm³/mol. The van der Waals surface area contributed by atoms with Crippen molar-refractivity contribution in [2.75, 3.05) is 39.6 Å². The normalized spacial score (nSPS) is 26.5. The summed E-state index contributed by atoms with van der Waals surface area (Å²) in [5.41, 5.74) is 0. The van der Waals surface area contributed by atoms with Crippen molar-refractivity contribution in [1.82, 2.24) is 19.3 Å². The van der Waals surface area contributed by atoms with E-state index in [0.29, 0.717) is 50.3 Å². The Morgan fingerprint density at radius 1 is 1.30 bits per heavy atom. The monoisotopic (exact) mass is 344 g/mol. The summed E-state index contributed by atoms with van der Waals surface area (Å²) < 4.78 is 35.7. The van der Waals surface area contributed by atoms with E-state index < -0.39 is 10.0 Å². The van der Waals surface area contributed by atoms with Gasteiger partial charge in [0.25, 0.3) is 0 Å². The SMILES string of the molecule is COCCc1noc(CN2CC3CCC2CN(S(C)(=O)=O)C3)n1. The Morgan fingerprint density at radius 2 is 2.13 bits per heavy atom. The summed E-state index contributed by atoms with van der Waals surface area (Å²) in [6.45, 7) is 3.21. The molecule has 0 radical (unpaired) electrons. The number of aromatic nitrogens is 2. The predicted octanol–water partition coefficient (Wildman–Crippen LogP) is 0.114. The second kappa shape index (κ2) is 6.84. The van der Waals surface area contributed by atoms with Crippen LogP contribution < -0.4 is 0 Å². The highest BCUT2D eigenvalue weighted by molar-refractivity contribution is 7.88. The van der Waals surface area contributed by atoms with Crippen LogP contribution in [0.25, 0.3) is 0 Å². The van der Waals surface area contributed by atoms with Gasteiger partial charge in [-0.05, 0) is 18.8 Å². The lowest BCUT2D eigenvalue weighted by Crippen LogP contribution is -2.43. The molecule has 0 aliphatic carbocycles. The number of piperidine rings is 1. The van der Waals surface area contributed by atoms with Crippen LogP contribution in [0.2, 0.25) is 0 Å². The molecule has 2 atom stereocenters. The van der Waals surface area contributed by atoms with E-state index in [4.69, 9.17) is 9.26 Å². The van der Waals surface area contributed by atoms with Crippen molar-refractivity contribution in [2.45, 2.75) is 31.8 Å². The third kappa shape index (κ3) is 4.09. The molecule has 3 saturated heterocycles. The summed E-state index contributed by atoms with van der Waals surface area (Å²) >= 11 is 0. The molecule has 3 aliphatic heterocycles. The molecular formula is C14H24N4O4S. The summed E-state index contributed by atoms with van der Waals surface area (Å²) in [6.07, 6.45) is 4.02. The van der Waals surface area contributed by atoms with E-state index in [1.165, 1.54) is 6.26 Å². The minimum absolute atomic E-state index is 0.220. The molecule has 9 heteroatoms. The maximum absolute atomic E-state index is 11.9. The molecule has 2 bridgehead atoms. The molecule has 1 aromatic heterocycles. The molecule has 0 saturated carbocycles. The standard InChI is InChI=1S/C14H24N4O4S/c1-21-6-5-13-15-14(22-16-13)10-17-7-11-3-4-12(17)9-18(8-11)23(2,19)20/h11-12H,3-10H2,1-2H3. The van der Waals surface area contributed by atoms with E-state index in [1.807, 2.05) is 0 Å². The van der Waals surface area contributed by atoms with Gasteiger partial charge in [0.15, 0.2) is 5.82 Å². The zero-order chi connectivity index (χ0) is 16.4. The second-order valence-electron chi connectivity index (χ2n) is 6.45. The minimum atomic E-state index is -3.14. The van der Waals surface area contributed by atoms with Crippen LogP contribution in [-0.4, -0.2) is 73.4 Å². The molecule has 4 heterocycles. The Morgan fingerprint density at radius 3 is 2.87 bits per heavy atom. The maximum atomic E-state index is 11.9. The minimum Gasteiger partial charge on any atom is -0.384 e. The van der Waals surface area contributed by atoms with E-state index >= 15 is 0 Å². The molecule has 3 aliphatic rings. The molecule has 8 nitrogen and oxygen atoms in total. The van der Waals surface area contributed by atoms with Gasteiger partial charge >= 0.3 is 0 Å². The van der Waals surface area contributed by atoms with E-state index in [1.54, 1.807) is 11.4 Å². The quantitative estimate of drug-likeness (QED) is 0.724. The van der Waals surface area contributed by atoms with E-state index in [-0.39, 0.29) is 6.04 Å². The van der Waals surface area contributed by atoms with Crippen LogP contribution in [0.15, 0.2) is 4.52 Å². The fourth-order valence-electron chi connectivity index (χ4n) is 3.42. The fraction of sp³-hybridized carbons (Fsp3) is 0.857. The van der Waals surface area contributed by atoms with Crippen LogP contribution in [0.3, 0.4) is 0 Å². The summed E-state index contributed by atoms with van der Waals surface area (Å²) in [4.78, 5) is 6.68. The number of hydrogen-bond acceptors (Lipinski definition) is 7. The molecule has 0 amide bonds. The molecule has 0 N–H and O–H groups in total. The summed E-state index contributed by atoms with van der Waals surface area (Å²) in [5.74, 6) is 1.62. The lowest BCUT2D eigenvalue weighted by molar-refractivity contribution is 0.111. The lowest BCUT2D eigenvalue weighted by atomic mass is 9.95. The molecule has 0 spiro atoms. The van der Waals surface area contributed by atoms with Crippen LogP contribution in [0.4, 0.5) is 0 Å². The first-order valence-electron chi connectivity index (χ1n) is 7.95. The number of rotatable bonds is 6. The first kappa shape index (κ1) is 16.8. The van der Waals surface area contributed by atoms with Crippen molar-refractivity contribution in [1.29, 1.82) is 0 Å². The number of methoxy groups -OCH3 is 1. The number of sulfonamides is 1. The van der Waals surface area contributed by atoms with Crippen LogP contribution in [0.1, 0.15) is 24.6 Å². The summed E-state index contributed by atoms with van der Waals surface area (Å²) in [7, 11) is -1.49. The van der Waals surface area contributed by atoms with Crippen LogP contribution >= 0.6 is 0 Å². The topological polar surface area (TPSA) is 88.8 Å². The largest absolute Gasteiger partial charge is 0.384 e. The van der Waals surface area contributed by atoms with E-state index in [2.05, 4.69) is 15.0 Å². The molecule has 2 unspecified atom stereocenters. The average Bonchev–Trinajstić information content (AvgIpc) is 2.72. The van der Waals surface area contributed by atoms with Crippen molar-refractivity contribution in [3.63, 3.8) is 0 Å². The van der Waals surface area contributed by atoms with Gasteiger partial charge in [-0.3, -0.25) is 4.90 Å². The van der Waals surface area contributed by atoms with Gasteiger partial charge < -0.3 is 9.26 Å². The van der Waals surface area contributed by atoms with Crippen molar-refractivity contribution >= 4 is 10.0 Å². The average molecular weight is 344 g/mol. The first-order valence-corrected chi connectivity index (χ1v) is 9.80. The van der Waals surface area contributed by atoms with Gasteiger partial charge in [-0.15, -0.1) is 0 Å². The zero-order valence-corrected chi connectivity index (χ0v) is 14.5.